The Bertz CT molecular complexity index is 3430. The van der Waals surface area contributed by atoms with E-state index in [9.17, 15) is 28.7 Å². The van der Waals surface area contributed by atoms with E-state index in [2.05, 4.69) is 183 Å². The van der Waals surface area contributed by atoms with Crippen LogP contribution in [0.15, 0.2) is 162 Å². The highest BCUT2D eigenvalue weighted by atomic mass is 79.9. The summed E-state index contributed by atoms with van der Waals surface area (Å²) < 4.78 is 38.2. The number of carbonyl (C=O) groups excluding carboxylic acids is 2. The number of rotatable bonds is 17. The number of nitrogens with zero attached hydrogens (tertiary/aromatic N) is 2. The van der Waals surface area contributed by atoms with Gasteiger partial charge in [0.25, 0.3) is 0 Å². The quantitative estimate of drug-likeness (QED) is 0.0441. The second-order valence-corrected chi connectivity index (χ2v) is 32.9. The molecule has 0 radical (unpaired) electrons. The smallest absolute Gasteiger partial charge is 0.407 e. The number of benzene rings is 6. The van der Waals surface area contributed by atoms with Crippen molar-refractivity contribution >= 4 is 136 Å². The molecule has 4 aliphatic carbocycles. The lowest BCUT2D eigenvalue weighted by Crippen LogP contribution is -2.53. The maximum absolute atomic E-state index is 13.8. The van der Waals surface area contributed by atoms with E-state index in [1.54, 1.807) is 20.8 Å². The second-order valence-electron chi connectivity index (χ2n) is 26.7. The molecule has 0 unspecified atom stereocenters. The zero-order chi connectivity index (χ0) is 70.9. The highest BCUT2D eigenvalue weighted by molar-refractivity contribution is 9.11. The molecule has 2 atom stereocenters. The molecule has 10 rings (SSSR count). The first-order chi connectivity index (χ1) is 46.3. The molecule has 4 aliphatic rings. The lowest BCUT2D eigenvalue weighted by molar-refractivity contribution is -0.124. The molecular weight excluding hydrogens is 1720 g/mol. The third kappa shape index (κ3) is 29.6. The van der Waals surface area contributed by atoms with E-state index in [0.717, 1.165) is 139 Å². The largest absolute Gasteiger partial charge is 0.444 e. The summed E-state index contributed by atoms with van der Waals surface area (Å²) in [6.45, 7) is 5.41. The van der Waals surface area contributed by atoms with Gasteiger partial charge < -0.3 is 31.9 Å². The number of aliphatic hydroxyl groups is 1. The van der Waals surface area contributed by atoms with Crippen LogP contribution < -0.4 is 22.1 Å². The number of hydrogen-bond acceptors (Lipinski definition) is 8. The summed E-state index contributed by atoms with van der Waals surface area (Å²) in [5.41, 5.74) is 16.4. The van der Waals surface area contributed by atoms with E-state index in [0.29, 0.717) is 12.0 Å². The minimum absolute atomic E-state index is 0. The van der Waals surface area contributed by atoms with E-state index in [-0.39, 0.29) is 47.8 Å². The fraction of sp³-hybridized carbons (Fsp3) is 0.487. The number of halogens is 10. The lowest BCUT2D eigenvalue weighted by Gasteiger charge is -2.40. The van der Waals surface area contributed by atoms with Crippen molar-refractivity contribution in [2.24, 2.45) is 11.5 Å². The van der Waals surface area contributed by atoms with Crippen molar-refractivity contribution in [2.45, 2.75) is 221 Å². The topological polar surface area (TPSA) is 187 Å². The Kier molecular flexibility index (Phi) is 39.7. The Morgan fingerprint density at radius 1 is 0.571 bits per heavy atom. The number of unbranched alkanes of at least 4 members (excludes halogenated alkanes) is 2. The minimum atomic E-state index is -1.03. The molecule has 6 aromatic rings. The summed E-state index contributed by atoms with van der Waals surface area (Å²) in [5.74, 6) is -1.59. The zero-order valence-electron chi connectivity index (χ0n) is 56.8. The van der Waals surface area contributed by atoms with E-state index in [1.807, 2.05) is 72.8 Å². The van der Waals surface area contributed by atoms with Gasteiger partial charge in [-0.05, 0) is 198 Å². The number of carbonyl (C=O) groups is 2. The Hall–Kier alpha value is -3.57. The standard InChI is InChI=1S/C27H35BrF2N2O3.C13H16BrNO.C13H14BrN.C12H16BrN.C8H6BrN.C5H10Br2.ClH/c1-26(2,3)35-25(34)32-23(14-18-12-21(29)16-22(30)13-18)24(33)17-31-27(10-5-4-6-11-27)19-8-7-9-20(28)15-19;14-11-6-4-5-10(9-11)13(12(15)16)7-2-1-3-8-13;14-12-6-4-5-11(9-12)13(10-15)7-2-1-3-8-13;13-11-6-4-5-10(9-11)12(14)7-2-1-3-8-12;9-8-3-1-2-7(6-8)4-5-10;6-4-2-1-3-5-7;/h7-9,12-13,15-16,23-24,31,33H,4-6,10-11,14,17H2,1-3H3,(H,32,34);4-6,9H,1-3,7-8H2,(H2,15,16);4-6,9H,1-3,7-8H2;4-6,9H,1-3,7-8,14H2;1-3,6H,4H2;1-5H2;1H/t23-,24+;;;;;;/m0....../s1. The molecule has 0 aromatic heterocycles. The van der Waals surface area contributed by atoms with Crippen molar-refractivity contribution in [1.82, 2.24) is 10.6 Å². The molecule has 2 amide bonds. The Labute approximate surface area is 647 Å². The first kappa shape index (κ1) is 86.8. The summed E-state index contributed by atoms with van der Waals surface area (Å²) in [5, 5.41) is 37.5. The van der Waals surface area contributed by atoms with Gasteiger partial charge in [0.2, 0.25) is 5.91 Å². The number of ether oxygens (including phenoxy) is 1. The van der Waals surface area contributed by atoms with E-state index in [4.69, 9.17) is 21.5 Å². The van der Waals surface area contributed by atoms with Crippen molar-refractivity contribution in [2.75, 3.05) is 17.2 Å². The highest BCUT2D eigenvalue weighted by Crippen LogP contribution is 2.42. The average molecular weight is 1820 g/mol. The molecule has 0 heterocycles. The molecule has 98 heavy (non-hydrogen) atoms. The van der Waals surface area contributed by atoms with Crippen LogP contribution in [0.25, 0.3) is 0 Å². The Balaban J connectivity index is 0.000000272. The second kappa shape index (κ2) is 44.8. The number of nitrogens with one attached hydrogen (secondary N) is 2. The van der Waals surface area contributed by atoms with Gasteiger partial charge in [-0.25, -0.2) is 13.6 Å². The molecule has 20 heteroatoms. The maximum Gasteiger partial charge on any atom is 0.407 e. The zero-order valence-corrected chi connectivity index (χ0v) is 68.7. The molecular formula is C78H98Br7ClF2N6O4. The SMILES string of the molecule is BrCCCCCBr.CC(C)(C)OC(=O)N[C@@H](Cc1cc(F)cc(F)c1)[C@H](O)CNC1(c2cccc(Br)c2)CCCCC1.Cl.N#CC1(c2cccc(Br)c2)CCCCC1.N#CCc1cccc(Br)c1.NC(=O)C1(c2cccc(Br)c2)CCCCC1.NC1(c2cccc(Br)c2)CCCCC1. The van der Waals surface area contributed by atoms with E-state index < -0.39 is 40.9 Å². The van der Waals surface area contributed by atoms with Gasteiger partial charge in [-0.3, -0.25) is 4.79 Å². The van der Waals surface area contributed by atoms with Crippen LogP contribution in [-0.2, 0) is 44.3 Å². The predicted octanol–water partition coefficient (Wildman–Crippen LogP) is 22.7. The number of aliphatic hydroxyl groups excluding tert-OH is 1. The number of hydrogen-bond donors (Lipinski definition) is 5. The summed E-state index contributed by atoms with van der Waals surface area (Å²) in [6.07, 6.45) is 24.9. The molecule has 0 bridgehead atoms. The van der Waals surface area contributed by atoms with Gasteiger partial charge in [0.1, 0.15) is 17.2 Å². The van der Waals surface area contributed by atoms with Crippen LogP contribution in [0, 0.1) is 34.3 Å². The lowest BCUT2D eigenvalue weighted by atomic mass is 9.69. The number of amides is 2. The maximum atomic E-state index is 13.8. The summed E-state index contributed by atoms with van der Waals surface area (Å²) in [7, 11) is 0. The van der Waals surface area contributed by atoms with Gasteiger partial charge in [-0.1, -0.05) is 256 Å². The fourth-order valence-electron chi connectivity index (χ4n) is 13.1. The average Bonchev–Trinajstić information content (AvgIpc) is 0.810. The van der Waals surface area contributed by atoms with Gasteiger partial charge in [-0.15, -0.1) is 12.4 Å². The molecule has 7 N–H and O–H groups in total. The molecule has 6 aromatic carbocycles. The molecule has 0 saturated heterocycles. The fourth-order valence-corrected chi connectivity index (χ4v) is 15.9. The molecule has 10 nitrogen and oxygen atoms in total. The van der Waals surface area contributed by atoms with Gasteiger partial charge in [-0.2, -0.15) is 10.5 Å². The Morgan fingerprint density at radius 2 is 1.00 bits per heavy atom. The normalized spacial score (nSPS) is 16.9. The van der Waals surface area contributed by atoms with Crippen molar-refractivity contribution in [3.05, 3.63) is 207 Å². The van der Waals surface area contributed by atoms with Gasteiger partial charge in [0.05, 0.1) is 41.5 Å². The van der Waals surface area contributed by atoms with Crippen molar-refractivity contribution in [3.8, 4) is 12.1 Å². The van der Waals surface area contributed by atoms with E-state index >= 15 is 0 Å². The third-order valence-electron chi connectivity index (χ3n) is 18.2. The number of alkyl carbamates (subject to hydrolysis) is 1. The van der Waals surface area contributed by atoms with Crippen LogP contribution >= 0.6 is 124 Å². The predicted molar refractivity (Wildman–Crippen MR) is 424 cm³/mol. The van der Waals surface area contributed by atoms with Gasteiger partial charge >= 0.3 is 6.09 Å². The van der Waals surface area contributed by atoms with E-state index in [1.165, 1.54) is 87.5 Å². The molecule has 0 aliphatic heterocycles. The van der Waals surface area contributed by atoms with Crippen molar-refractivity contribution in [1.29, 1.82) is 10.5 Å². The first-order valence-electron chi connectivity index (χ1n) is 34.0. The first-order valence-corrected chi connectivity index (χ1v) is 40.2. The highest BCUT2D eigenvalue weighted by Gasteiger charge is 2.40. The van der Waals surface area contributed by atoms with Crippen molar-refractivity contribution < 1.29 is 28.2 Å². The number of nitriles is 2. The van der Waals surface area contributed by atoms with Crippen LogP contribution in [0.5, 0.6) is 0 Å². The van der Waals surface area contributed by atoms with Crippen LogP contribution in [-0.4, -0.2) is 52.1 Å². The van der Waals surface area contributed by atoms with Crippen LogP contribution in [0.3, 0.4) is 0 Å². The van der Waals surface area contributed by atoms with Crippen molar-refractivity contribution in [3.63, 3.8) is 0 Å². The van der Waals surface area contributed by atoms with Crippen LogP contribution in [0.4, 0.5) is 13.6 Å². The molecule has 4 saturated carbocycles. The van der Waals surface area contributed by atoms with Gasteiger partial charge in [0, 0.05) is 56.7 Å². The molecule has 534 valence electrons. The van der Waals surface area contributed by atoms with Crippen LogP contribution in [0.2, 0.25) is 0 Å². The Morgan fingerprint density at radius 3 is 1.47 bits per heavy atom. The summed E-state index contributed by atoms with van der Waals surface area (Å²) in [6, 6.07) is 47.6. The third-order valence-corrected chi connectivity index (χ3v) is 21.8. The number of alkyl halides is 2. The summed E-state index contributed by atoms with van der Waals surface area (Å²) in [4.78, 5) is 24.3. The minimum Gasteiger partial charge on any atom is -0.444 e. The summed E-state index contributed by atoms with van der Waals surface area (Å²) >= 11 is 24.0. The monoisotopic (exact) mass is 1810 g/mol. The number of primary amides is 1. The van der Waals surface area contributed by atoms with Gasteiger partial charge in [0.15, 0.2) is 0 Å². The molecule has 4 fully saturated rings. The van der Waals surface area contributed by atoms with Crippen LogP contribution in [0.1, 0.15) is 202 Å². The number of nitrogens with two attached hydrogens (primary N) is 2. The molecule has 0 spiro atoms.